The van der Waals surface area contributed by atoms with Gasteiger partial charge in [-0.1, -0.05) is 26.5 Å². The molecule has 0 aromatic carbocycles. The van der Waals surface area contributed by atoms with Crippen molar-refractivity contribution in [3.8, 4) is 0 Å². The number of aliphatic carboxylic acids is 1. The van der Waals surface area contributed by atoms with Gasteiger partial charge in [0.15, 0.2) is 0 Å². The average Bonchev–Trinajstić information content (AvgIpc) is 2.99. The molecule has 1 rings (SSSR count). The van der Waals surface area contributed by atoms with E-state index in [1.807, 2.05) is 0 Å². The molecule has 4 nitrogen and oxygen atoms in total. The number of ether oxygens (including phenoxy) is 1. The van der Waals surface area contributed by atoms with Crippen LogP contribution in [0.15, 0.2) is 24.8 Å². The molecular formula is C13H20O4. The molecular weight excluding hydrogens is 220 g/mol. The van der Waals surface area contributed by atoms with E-state index in [-0.39, 0.29) is 17.1 Å². The number of carbonyl (C=O) groups excluding carboxylic acids is 1. The maximum atomic E-state index is 10.8. The van der Waals surface area contributed by atoms with Crippen molar-refractivity contribution in [3.63, 3.8) is 0 Å². The molecule has 1 N–H and O–H groups in total. The molecule has 1 aliphatic carbocycles. The Labute approximate surface area is 102 Å². The molecule has 0 aromatic rings. The minimum Gasteiger partial charge on any atom is -0.478 e. The van der Waals surface area contributed by atoms with E-state index < -0.39 is 5.97 Å². The molecule has 17 heavy (non-hydrogen) atoms. The number of hydrogen-bond acceptors (Lipinski definition) is 3. The van der Waals surface area contributed by atoms with Crippen LogP contribution in [0.2, 0.25) is 0 Å². The molecule has 0 spiro atoms. The minimum atomic E-state index is -0.935. The Hall–Kier alpha value is -1.58. The minimum absolute atomic E-state index is 0.0972. The standard InChI is InChI=1S/C9H14O2.C4H6O2/c1-3-5-9(6-7-9)11-8(10)4-2;1-3(2)4(5)6/h4H,2-3,5-7H2,1H3;1H2,2H3,(H,5,6). The molecule has 1 fully saturated rings. The van der Waals surface area contributed by atoms with Crippen LogP contribution in [-0.2, 0) is 14.3 Å². The molecule has 0 saturated heterocycles. The van der Waals surface area contributed by atoms with Gasteiger partial charge in [0.1, 0.15) is 5.60 Å². The van der Waals surface area contributed by atoms with Gasteiger partial charge in [-0.15, -0.1) is 0 Å². The molecule has 0 unspecified atom stereocenters. The molecule has 0 amide bonds. The van der Waals surface area contributed by atoms with E-state index in [0.717, 1.165) is 25.7 Å². The fraction of sp³-hybridized carbons (Fsp3) is 0.538. The van der Waals surface area contributed by atoms with Crippen molar-refractivity contribution < 1.29 is 19.4 Å². The van der Waals surface area contributed by atoms with Crippen LogP contribution in [0.3, 0.4) is 0 Å². The molecule has 1 aliphatic rings. The van der Waals surface area contributed by atoms with E-state index in [1.165, 1.54) is 13.0 Å². The number of carbonyl (C=O) groups is 2. The molecule has 0 bridgehead atoms. The van der Waals surface area contributed by atoms with E-state index in [2.05, 4.69) is 20.1 Å². The van der Waals surface area contributed by atoms with Crippen LogP contribution in [0, 0.1) is 0 Å². The summed E-state index contributed by atoms with van der Waals surface area (Å²) in [6, 6.07) is 0. The van der Waals surface area contributed by atoms with E-state index >= 15 is 0 Å². The monoisotopic (exact) mass is 240 g/mol. The quantitative estimate of drug-likeness (QED) is 0.592. The normalized spacial score (nSPS) is 14.9. The summed E-state index contributed by atoms with van der Waals surface area (Å²) in [5.74, 6) is -1.22. The zero-order valence-electron chi connectivity index (χ0n) is 10.5. The summed E-state index contributed by atoms with van der Waals surface area (Å²) in [6.45, 7) is 10.1. The van der Waals surface area contributed by atoms with Gasteiger partial charge in [-0.25, -0.2) is 9.59 Å². The van der Waals surface area contributed by atoms with Crippen LogP contribution in [0.1, 0.15) is 39.5 Å². The number of carboxylic acid groups (broad SMARTS) is 1. The fourth-order valence-corrected chi connectivity index (χ4v) is 1.25. The zero-order valence-corrected chi connectivity index (χ0v) is 10.5. The third-order valence-corrected chi connectivity index (χ3v) is 2.36. The highest BCUT2D eigenvalue weighted by Gasteiger charge is 2.45. The summed E-state index contributed by atoms with van der Waals surface area (Å²) < 4.78 is 5.18. The van der Waals surface area contributed by atoms with Crippen molar-refractivity contribution in [1.82, 2.24) is 0 Å². The summed E-state index contributed by atoms with van der Waals surface area (Å²) in [7, 11) is 0. The van der Waals surface area contributed by atoms with Crippen LogP contribution in [0.25, 0.3) is 0 Å². The van der Waals surface area contributed by atoms with Crippen molar-refractivity contribution in [2.24, 2.45) is 0 Å². The zero-order chi connectivity index (χ0) is 13.5. The third-order valence-electron chi connectivity index (χ3n) is 2.36. The Balaban J connectivity index is 0.000000366. The SMILES string of the molecule is C=C(C)C(=O)O.C=CC(=O)OC1(CCC)CC1. The topological polar surface area (TPSA) is 63.6 Å². The number of rotatable bonds is 5. The molecule has 0 atom stereocenters. The molecule has 1 saturated carbocycles. The Bertz CT molecular complexity index is 301. The van der Waals surface area contributed by atoms with Crippen LogP contribution >= 0.6 is 0 Å². The first-order valence-electron chi connectivity index (χ1n) is 5.61. The molecule has 0 aliphatic heterocycles. The second-order valence-electron chi connectivity index (χ2n) is 4.14. The smallest absolute Gasteiger partial charge is 0.330 e. The van der Waals surface area contributed by atoms with Gasteiger partial charge in [0, 0.05) is 11.6 Å². The third kappa shape index (κ3) is 6.56. The first-order valence-corrected chi connectivity index (χ1v) is 5.61. The van der Waals surface area contributed by atoms with Crippen molar-refractivity contribution in [2.45, 2.75) is 45.1 Å². The summed E-state index contributed by atoms with van der Waals surface area (Å²) >= 11 is 0. The van der Waals surface area contributed by atoms with Gasteiger partial charge in [0.05, 0.1) is 0 Å². The molecule has 96 valence electrons. The lowest BCUT2D eigenvalue weighted by molar-refractivity contribution is -0.145. The van der Waals surface area contributed by atoms with Crippen LogP contribution in [-0.4, -0.2) is 22.6 Å². The maximum absolute atomic E-state index is 10.8. The average molecular weight is 240 g/mol. The van der Waals surface area contributed by atoms with Crippen molar-refractivity contribution in [2.75, 3.05) is 0 Å². The van der Waals surface area contributed by atoms with Crippen molar-refractivity contribution >= 4 is 11.9 Å². The van der Waals surface area contributed by atoms with E-state index in [9.17, 15) is 9.59 Å². The van der Waals surface area contributed by atoms with Crippen molar-refractivity contribution in [3.05, 3.63) is 24.8 Å². The van der Waals surface area contributed by atoms with Crippen molar-refractivity contribution in [1.29, 1.82) is 0 Å². The van der Waals surface area contributed by atoms with E-state index in [1.54, 1.807) is 0 Å². The van der Waals surface area contributed by atoms with Gasteiger partial charge in [0.25, 0.3) is 0 Å². The van der Waals surface area contributed by atoms with E-state index in [0.29, 0.717) is 0 Å². The first kappa shape index (κ1) is 15.4. The summed E-state index contributed by atoms with van der Waals surface area (Å²) in [6.07, 6.45) is 5.35. The molecule has 0 aromatic heterocycles. The number of hydrogen-bond donors (Lipinski definition) is 1. The van der Waals surface area contributed by atoms with Crippen LogP contribution in [0.5, 0.6) is 0 Å². The lowest BCUT2D eigenvalue weighted by Crippen LogP contribution is -2.17. The van der Waals surface area contributed by atoms with Gasteiger partial charge < -0.3 is 9.84 Å². The lowest BCUT2D eigenvalue weighted by atomic mass is 10.2. The number of esters is 1. The largest absolute Gasteiger partial charge is 0.478 e. The van der Waals surface area contributed by atoms with Gasteiger partial charge >= 0.3 is 11.9 Å². The second-order valence-corrected chi connectivity index (χ2v) is 4.14. The lowest BCUT2D eigenvalue weighted by Gasteiger charge is -2.13. The Morgan fingerprint density at radius 1 is 1.47 bits per heavy atom. The maximum Gasteiger partial charge on any atom is 0.330 e. The first-order chi connectivity index (χ1) is 7.87. The highest BCUT2D eigenvalue weighted by Crippen LogP contribution is 2.43. The predicted octanol–water partition coefficient (Wildman–Crippen LogP) is 2.70. The summed E-state index contributed by atoms with van der Waals surface area (Å²) in [5, 5.41) is 7.89. The molecule has 0 radical (unpaired) electrons. The summed E-state index contributed by atoms with van der Waals surface area (Å²) in [4.78, 5) is 20.4. The summed E-state index contributed by atoms with van der Waals surface area (Å²) in [5.41, 5.74) is 0.0787. The van der Waals surface area contributed by atoms with Gasteiger partial charge in [-0.05, 0) is 26.2 Å². The van der Waals surface area contributed by atoms with Gasteiger partial charge in [-0.2, -0.15) is 0 Å². The Kier molecular flexibility index (Phi) is 6.25. The Morgan fingerprint density at radius 2 is 1.94 bits per heavy atom. The predicted molar refractivity (Wildman–Crippen MR) is 65.6 cm³/mol. The second kappa shape index (κ2) is 6.89. The Morgan fingerprint density at radius 3 is 2.18 bits per heavy atom. The van der Waals surface area contributed by atoms with Gasteiger partial charge in [-0.3, -0.25) is 0 Å². The van der Waals surface area contributed by atoms with Crippen LogP contribution < -0.4 is 0 Å². The van der Waals surface area contributed by atoms with Gasteiger partial charge in [0.2, 0.25) is 0 Å². The fourth-order valence-electron chi connectivity index (χ4n) is 1.25. The van der Waals surface area contributed by atoms with Crippen LogP contribution in [0.4, 0.5) is 0 Å². The highest BCUT2D eigenvalue weighted by molar-refractivity contribution is 5.84. The molecule has 4 heteroatoms. The number of carboxylic acids is 1. The molecule has 0 heterocycles. The van der Waals surface area contributed by atoms with E-state index in [4.69, 9.17) is 9.84 Å². The highest BCUT2D eigenvalue weighted by atomic mass is 16.6.